The summed E-state index contributed by atoms with van der Waals surface area (Å²) >= 11 is 0. The predicted molar refractivity (Wildman–Crippen MR) is 75.1 cm³/mol. The van der Waals surface area contributed by atoms with E-state index in [9.17, 15) is 4.79 Å². The number of rotatable bonds is 8. The molecule has 0 fully saturated rings. The van der Waals surface area contributed by atoms with Crippen LogP contribution >= 0.6 is 0 Å². The largest absolute Gasteiger partial charge is 0.395 e. The molecule has 0 unspecified atom stereocenters. The maximum absolute atomic E-state index is 11.8. The highest BCUT2D eigenvalue weighted by molar-refractivity contribution is 5.97. The predicted octanol–water partition coefficient (Wildman–Crippen LogP) is 1.44. The van der Waals surface area contributed by atoms with Gasteiger partial charge in [0.1, 0.15) is 0 Å². The molecule has 0 aromatic carbocycles. The third-order valence-electron chi connectivity index (χ3n) is 2.62. The summed E-state index contributed by atoms with van der Waals surface area (Å²) in [4.78, 5) is 11.8. The van der Waals surface area contributed by atoms with Crippen LogP contribution in [0.5, 0.6) is 0 Å². The first kappa shape index (κ1) is 15.2. The van der Waals surface area contributed by atoms with Crippen molar-refractivity contribution in [3.8, 4) is 0 Å². The normalized spacial score (nSPS) is 10.7. The monoisotopic (exact) mass is 266 g/mol. The molecule has 4 N–H and O–H groups in total. The second-order valence-electron chi connectivity index (χ2n) is 4.50. The maximum Gasteiger partial charge on any atom is 0.274 e. The van der Waals surface area contributed by atoms with Gasteiger partial charge in [-0.05, 0) is 12.3 Å². The molecule has 0 aliphatic rings. The van der Waals surface area contributed by atoms with Crippen molar-refractivity contribution in [3.63, 3.8) is 0 Å². The number of amides is 1. The second-order valence-corrected chi connectivity index (χ2v) is 4.50. The van der Waals surface area contributed by atoms with Gasteiger partial charge in [0.15, 0.2) is 5.69 Å². The molecule has 0 saturated carbocycles. The zero-order chi connectivity index (χ0) is 14.3. The van der Waals surface area contributed by atoms with Crippen molar-refractivity contribution in [1.82, 2.24) is 15.5 Å². The van der Waals surface area contributed by atoms with Crippen LogP contribution in [0.15, 0.2) is 12.7 Å². The number of nitrogens with two attached hydrogens (primary N) is 1. The molecule has 0 bridgehead atoms. The third-order valence-corrected chi connectivity index (χ3v) is 2.62. The Morgan fingerprint density at radius 3 is 2.89 bits per heavy atom. The van der Waals surface area contributed by atoms with Crippen LogP contribution in [0.4, 0.5) is 5.69 Å². The molecule has 1 amide bonds. The van der Waals surface area contributed by atoms with Gasteiger partial charge in [0.05, 0.1) is 24.6 Å². The smallest absolute Gasteiger partial charge is 0.274 e. The first-order chi connectivity index (χ1) is 9.07. The van der Waals surface area contributed by atoms with Crippen LogP contribution in [0.3, 0.4) is 0 Å². The maximum atomic E-state index is 11.8. The molecule has 0 aliphatic heterocycles. The average Bonchev–Trinajstić information content (AvgIpc) is 2.75. The fourth-order valence-electron chi connectivity index (χ4n) is 1.57. The minimum Gasteiger partial charge on any atom is -0.395 e. The zero-order valence-corrected chi connectivity index (χ0v) is 11.5. The highest BCUT2D eigenvalue weighted by Crippen LogP contribution is 2.21. The molecule has 6 nitrogen and oxygen atoms in total. The van der Waals surface area contributed by atoms with Gasteiger partial charge in [0.2, 0.25) is 0 Å². The van der Waals surface area contributed by atoms with Gasteiger partial charge in [0.25, 0.3) is 5.91 Å². The standard InChI is InChI=1S/C13H22N4O2/c1-4-5-7-19-8-6-15-13(18)12-10(14)11(9(2)3)16-17-12/h4,9H,1,5-8,14H2,2-3H3,(H,15,18)(H,16,17). The number of ether oxygens (including phenoxy) is 1. The fourth-order valence-corrected chi connectivity index (χ4v) is 1.57. The molecule has 1 rings (SSSR count). The number of aromatic nitrogens is 2. The summed E-state index contributed by atoms with van der Waals surface area (Å²) in [5, 5.41) is 9.46. The van der Waals surface area contributed by atoms with Crippen LogP contribution < -0.4 is 11.1 Å². The van der Waals surface area contributed by atoms with Crippen LogP contribution in [0.25, 0.3) is 0 Å². The second kappa shape index (κ2) is 7.58. The lowest BCUT2D eigenvalue weighted by Crippen LogP contribution is -2.28. The molecule has 0 saturated heterocycles. The zero-order valence-electron chi connectivity index (χ0n) is 11.5. The minimum absolute atomic E-state index is 0.205. The number of anilines is 1. The van der Waals surface area contributed by atoms with E-state index in [4.69, 9.17) is 10.5 Å². The summed E-state index contributed by atoms with van der Waals surface area (Å²) in [6.07, 6.45) is 2.59. The van der Waals surface area contributed by atoms with Gasteiger partial charge < -0.3 is 15.8 Å². The van der Waals surface area contributed by atoms with Crippen molar-refractivity contribution in [2.45, 2.75) is 26.2 Å². The quantitative estimate of drug-likeness (QED) is 0.490. The van der Waals surface area contributed by atoms with Crippen molar-refractivity contribution in [1.29, 1.82) is 0 Å². The molecule has 0 radical (unpaired) electrons. The van der Waals surface area contributed by atoms with E-state index in [-0.39, 0.29) is 17.5 Å². The molecule has 1 aromatic heterocycles. The average molecular weight is 266 g/mol. The summed E-state index contributed by atoms with van der Waals surface area (Å²) in [5.41, 5.74) is 7.32. The van der Waals surface area contributed by atoms with Crippen molar-refractivity contribution >= 4 is 11.6 Å². The van der Waals surface area contributed by atoms with Crippen molar-refractivity contribution in [3.05, 3.63) is 24.0 Å². The molecule has 19 heavy (non-hydrogen) atoms. The Kier molecular flexibility index (Phi) is 6.08. The summed E-state index contributed by atoms with van der Waals surface area (Å²) in [5.74, 6) is -0.0794. The summed E-state index contributed by atoms with van der Waals surface area (Å²) in [7, 11) is 0. The summed E-state index contributed by atoms with van der Waals surface area (Å²) in [6.45, 7) is 9.07. The topological polar surface area (TPSA) is 93.0 Å². The van der Waals surface area contributed by atoms with Gasteiger partial charge in [-0.2, -0.15) is 5.10 Å². The Balaban J connectivity index is 2.39. The Hall–Kier alpha value is -1.82. The fraction of sp³-hybridized carbons (Fsp3) is 0.538. The van der Waals surface area contributed by atoms with Crippen LogP contribution in [0, 0.1) is 0 Å². The number of nitrogens with one attached hydrogen (secondary N) is 2. The Morgan fingerprint density at radius 1 is 1.58 bits per heavy atom. The summed E-state index contributed by atoms with van der Waals surface area (Å²) in [6, 6.07) is 0. The summed E-state index contributed by atoms with van der Waals surface area (Å²) < 4.78 is 5.29. The van der Waals surface area contributed by atoms with E-state index in [0.29, 0.717) is 25.4 Å². The lowest BCUT2D eigenvalue weighted by molar-refractivity contribution is 0.0914. The molecule has 0 aliphatic carbocycles. The first-order valence-electron chi connectivity index (χ1n) is 6.38. The lowest BCUT2D eigenvalue weighted by Gasteiger charge is -2.05. The lowest BCUT2D eigenvalue weighted by atomic mass is 10.1. The van der Waals surface area contributed by atoms with Crippen LogP contribution in [0.2, 0.25) is 0 Å². The minimum atomic E-state index is -0.284. The number of hydrogen-bond acceptors (Lipinski definition) is 4. The molecular formula is C13H22N4O2. The van der Waals surface area contributed by atoms with Gasteiger partial charge in [-0.25, -0.2) is 0 Å². The van der Waals surface area contributed by atoms with E-state index in [1.165, 1.54) is 0 Å². The number of nitrogen functional groups attached to an aromatic ring is 1. The molecule has 1 heterocycles. The molecule has 0 atom stereocenters. The highest BCUT2D eigenvalue weighted by atomic mass is 16.5. The van der Waals surface area contributed by atoms with Gasteiger partial charge in [0, 0.05) is 6.54 Å². The molecule has 0 spiro atoms. The number of aromatic amines is 1. The van der Waals surface area contributed by atoms with E-state index in [0.717, 1.165) is 12.1 Å². The first-order valence-corrected chi connectivity index (χ1v) is 6.38. The van der Waals surface area contributed by atoms with Gasteiger partial charge in [-0.3, -0.25) is 9.89 Å². The van der Waals surface area contributed by atoms with Gasteiger partial charge in [-0.15, -0.1) is 6.58 Å². The molecule has 106 valence electrons. The number of carbonyl (C=O) groups excluding carboxylic acids is 1. The third kappa shape index (κ3) is 4.40. The van der Waals surface area contributed by atoms with Crippen molar-refractivity contribution in [2.75, 3.05) is 25.5 Å². The van der Waals surface area contributed by atoms with E-state index in [1.54, 1.807) is 6.08 Å². The van der Waals surface area contributed by atoms with Crippen LogP contribution in [-0.2, 0) is 4.74 Å². The molecular weight excluding hydrogens is 244 g/mol. The molecule has 1 aromatic rings. The Bertz CT molecular complexity index is 426. The Labute approximate surface area is 113 Å². The van der Waals surface area contributed by atoms with E-state index < -0.39 is 0 Å². The van der Waals surface area contributed by atoms with Crippen LogP contribution in [-0.4, -0.2) is 35.9 Å². The number of H-pyrrole nitrogens is 1. The van der Waals surface area contributed by atoms with Gasteiger partial charge >= 0.3 is 0 Å². The Morgan fingerprint density at radius 2 is 2.32 bits per heavy atom. The highest BCUT2D eigenvalue weighted by Gasteiger charge is 2.18. The van der Waals surface area contributed by atoms with Gasteiger partial charge in [-0.1, -0.05) is 19.9 Å². The number of hydrogen-bond donors (Lipinski definition) is 3. The van der Waals surface area contributed by atoms with Crippen molar-refractivity contribution < 1.29 is 9.53 Å². The number of nitrogens with zero attached hydrogens (tertiary/aromatic N) is 1. The van der Waals surface area contributed by atoms with E-state index in [2.05, 4.69) is 22.1 Å². The SMILES string of the molecule is C=CCCOCCNC(=O)c1n[nH]c(C(C)C)c1N. The van der Waals surface area contributed by atoms with E-state index >= 15 is 0 Å². The molecule has 6 heteroatoms. The number of carbonyl (C=O) groups is 1. The van der Waals surface area contributed by atoms with Crippen molar-refractivity contribution in [2.24, 2.45) is 0 Å². The van der Waals surface area contributed by atoms with Crippen LogP contribution in [0.1, 0.15) is 42.4 Å². The van der Waals surface area contributed by atoms with E-state index in [1.807, 2.05) is 13.8 Å².